The second kappa shape index (κ2) is 10.2. The molecule has 6 atom stereocenters. The van der Waals surface area contributed by atoms with E-state index in [1.807, 2.05) is 0 Å². The summed E-state index contributed by atoms with van der Waals surface area (Å²) in [6.07, 6.45) is -10.9. The summed E-state index contributed by atoms with van der Waals surface area (Å²) >= 11 is 0. The zero-order chi connectivity index (χ0) is 26.0. The predicted molar refractivity (Wildman–Crippen MR) is 112 cm³/mol. The molecule has 3 rings (SSSR count). The van der Waals surface area contributed by atoms with Crippen molar-refractivity contribution in [1.29, 1.82) is 0 Å². The van der Waals surface area contributed by atoms with Gasteiger partial charge in [-0.3, -0.25) is 9.98 Å². The van der Waals surface area contributed by atoms with E-state index >= 15 is 8.78 Å². The van der Waals surface area contributed by atoms with Gasteiger partial charge in [-0.2, -0.15) is 22.0 Å². The van der Waals surface area contributed by atoms with Crippen molar-refractivity contribution in [2.75, 3.05) is 13.1 Å². The van der Waals surface area contributed by atoms with Crippen LogP contribution in [0.3, 0.4) is 0 Å². The molecule has 3 aliphatic rings. The van der Waals surface area contributed by atoms with Gasteiger partial charge in [0.2, 0.25) is 5.90 Å². The van der Waals surface area contributed by atoms with Crippen LogP contribution in [-0.4, -0.2) is 78.5 Å². The van der Waals surface area contributed by atoms with Gasteiger partial charge >= 0.3 is 12.1 Å². The molecule has 0 aromatic heterocycles. The molecule has 3 N–H and O–H groups in total. The molecule has 2 aliphatic heterocycles. The summed E-state index contributed by atoms with van der Waals surface area (Å²) in [7, 11) is 0. The lowest BCUT2D eigenvalue weighted by atomic mass is 9.70. The maximum atomic E-state index is 15.5. The van der Waals surface area contributed by atoms with Gasteiger partial charge < -0.3 is 15.6 Å². The molecule has 35 heavy (non-hydrogen) atoms. The van der Waals surface area contributed by atoms with Crippen molar-refractivity contribution >= 4 is 17.9 Å². The van der Waals surface area contributed by atoms with Crippen LogP contribution in [-0.2, 0) is 4.74 Å². The van der Waals surface area contributed by atoms with Crippen LogP contribution in [0.2, 0.25) is 0 Å². The van der Waals surface area contributed by atoms with Crippen molar-refractivity contribution in [2.45, 2.75) is 68.0 Å². The maximum absolute atomic E-state index is 15.5. The van der Waals surface area contributed by atoms with Crippen molar-refractivity contribution in [2.24, 2.45) is 26.6 Å². The number of halogens is 8. The zero-order valence-electron chi connectivity index (χ0n) is 18.2. The van der Waals surface area contributed by atoms with Gasteiger partial charge in [0.05, 0.1) is 25.0 Å². The summed E-state index contributed by atoms with van der Waals surface area (Å²) in [4.78, 5) is 10.5. The minimum atomic E-state index is -4.75. The van der Waals surface area contributed by atoms with E-state index in [4.69, 9.17) is 10.5 Å². The number of alkyl halides is 8. The van der Waals surface area contributed by atoms with E-state index in [1.54, 1.807) is 0 Å². The van der Waals surface area contributed by atoms with Gasteiger partial charge in [-0.25, -0.2) is 18.2 Å². The summed E-state index contributed by atoms with van der Waals surface area (Å²) in [5.41, 5.74) is -0.0683. The number of aliphatic imine (C=N–C) groups is 3. The first-order valence-corrected chi connectivity index (χ1v) is 10.8. The number of nitrogens with two attached hydrogens (primary N) is 1. The standard InChI is InChI=1S/C21H24F8N4O2/c22-12-1-3-14(15(23)6-12)19(34,9-31-10-30)20(25,26)17-4-2-13(8-32-17)35-18-16(24)5-11(7-33-18)21(27,28)29/h2,4,7,10,12-16,34H,1,3,5-6,8-9H2,(H2,30,31). The van der Waals surface area contributed by atoms with E-state index in [-0.39, 0.29) is 12.8 Å². The van der Waals surface area contributed by atoms with Gasteiger partial charge in [0, 0.05) is 25.0 Å². The van der Waals surface area contributed by atoms with Crippen molar-refractivity contribution in [3.63, 3.8) is 0 Å². The van der Waals surface area contributed by atoms with Gasteiger partial charge in [-0.15, -0.1) is 0 Å². The Morgan fingerprint density at radius 3 is 2.43 bits per heavy atom. The van der Waals surface area contributed by atoms with Gasteiger partial charge in [-0.05, 0) is 25.0 Å². The van der Waals surface area contributed by atoms with E-state index in [2.05, 4.69) is 15.0 Å². The van der Waals surface area contributed by atoms with Crippen LogP contribution in [0.1, 0.15) is 25.7 Å². The average molecular weight is 516 g/mol. The van der Waals surface area contributed by atoms with E-state index in [0.29, 0.717) is 12.5 Å². The lowest BCUT2D eigenvalue weighted by molar-refractivity contribution is -0.183. The summed E-state index contributed by atoms with van der Waals surface area (Å²) in [5, 5.41) is 11.0. The average Bonchev–Trinajstić information content (AvgIpc) is 2.78. The third kappa shape index (κ3) is 5.67. The fourth-order valence-corrected chi connectivity index (χ4v) is 4.25. The first kappa shape index (κ1) is 27.1. The largest absolute Gasteiger partial charge is 0.469 e. The van der Waals surface area contributed by atoms with Crippen molar-refractivity contribution in [3.05, 3.63) is 23.9 Å². The van der Waals surface area contributed by atoms with Gasteiger partial charge in [0.15, 0.2) is 11.8 Å². The molecule has 0 aromatic carbocycles. The SMILES string of the molecule is NC=NCC(O)(C1CCC(F)CC1F)C(F)(F)C1=NCC(OC2=NC=C(C(F)(F)F)CC2F)C=C1. The molecule has 2 heterocycles. The summed E-state index contributed by atoms with van der Waals surface area (Å²) in [5.74, 6) is -6.46. The molecule has 0 bridgehead atoms. The zero-order valence-corrected chi connectivity index (χ0v) is 18.2. The highest BCUT2D eigenvalue weighted by Crippen LogP contribution is 2.45. The smallest absolute Gasteiger partial charge is 0.414 e. The van der Waals surface area contributed by atoms with Gasteiger partial charge in [0.25, 0.3) is 0 Å². The quantitative estimate of drug-likeness (QED) is 0.320. The number of allylic oxidation sites excluding steroid dienone is 2. The third-order valence-electron chi connectivity index (χ3n) is 6.19. The summed E-state index contributed by atoms with van der Waals surface area (Å²) in [6.45, 7) is -1.48. The lowest BCUT2D eigenvalue weighted by Gasteiger charge is -2.44. The Bertz CT molecular complexity index is 933. The molecule has 1 aliphatic carbocycles. The number of dihydropyridines is 1. The van der Waals surface area contributed by atoms with Crippen molar-refractivity contribution < 1.29 is 45.0 Å². The molecular weight excluding hydrogens is 492 g/mol. The third-order valence-corrected chi connectivity index (χ3v) is 6.19. The summed E-state index contributed by atoms with van der Waals surface area (Å²) in [6, 6.07) is 0. The molecular formula is C21H24F8N4O2. The minimum Gasteiger partial charge on any atom is -0.469 e. The number of nitrogens with zero attached hydrogens (tertiary/aromatic N) is 3. The Hall–Kier alpha value is -2.51. The van der Waals surface area contributed by atoms with Crippen LogP contribution in [0.25, 0.3) is 0 Å². The van der Waals surface area contributed by atoms with Crippen molar-refractivity contribution in [3.8, 4) is 0 Å². The van der Waals surface area contributed by atoms with Crippen LogP contribution >= 0.6 is 0 Å². The normalized spacial score (nSPS) is 32.0. The second-order valence-corrected chi connectivity index (χ2v) is 8.55. The first-order valence-electron chi connectivity index (χ1n) is 10.8. The van der Waals surface area contributed by atoms with E-state index in [9.17, 15) is 31.4 Å². The van der Waals surface area contributed by atoms with E-state index < -0.39 is 91.4 Å². The van der Waals surface area contributed by atoms with Crippen molar-refractivity contribution in [1.82, 2.24) is 0 Å². The highest BCUT2D eigenvalue weighted by atomic mass is 19.4. The molecule has 0 spiro atoms. The Morgan fingerprint density at radius 1 is 1.17 bits per heavy atom. The molecule has 14 heteroatoms. The van der Waals surface area contributed by atoms with Crippen LogP contribution in [0.5, 0.6) is 0 Å². The fourth-order valence-electron chi connectivity index (χ4n) is 4.25. The molecule has 1 fully saturated rings. The molecule has 6 nitrogen and oxygen atoms in total. The molecule has 6 unspecified atom stereocenters. The van der Waals surface area contributed by atoms with Gasteiger partial charge in [-0.1, -0.05) is 0 Å². The lowest BCUT2D eigenvalue weighted by Crippen LogP contribution is -2.63. The van der Waals surface area contributed by atoms with Crippen LogP contribution in [0, 0.1) is 5.92 Å². The monoisotopic (exact) mass is 516 g/mol. The first-order chi connectivity index (χ1) is 16.3. The van der Waals surface area contributed by atoms with Crippen LogP contribution in [0.15, 0.2) is 38.9 Å². The van der Waals surface area contributed by atoms with Crippen LogP contribution in [0.4, 0.5) is 35.1 Å². The fraction of sp³-hybridized carbons (Fsp3) is 0.667. The van der Waals surface area contributed by atoms with E-state index in [1.165, 1.54) is 0 Å². The second-order valence-electron chi connectivity index (χ2n) is 8.55. The Labute approximate surface area is 195 Å². The molecule has 0 aromatic rings. The molecule has 0 amide bonds. The number of hydrogen-bond acceptors (Lipinski definition) is 5. The topological polar surface area (TPSA) is 92.6 Å². The number of rotatable bonds is 6. The van der Waals surface area contributed by atoms with E-state index in [0.717, 1.165) is 12.2 Å². The van der Waals surface area contributed by atoms with Crippen LogP contribution < -0.4 is 5.73 Å². The molecule has 1 saturated carbocycles. The minimum absolute atomic E-state index is 0.217. The number of hydrogen-bond donors (Lipinski definition) is 2. The predicted octanol–water partition coefficient (Wildman–Crippen LogP) is 3.80. The maximum Gasteiger partial charge on any atom is 0.414 e. The molecule has 196 valence electrons. The molecule has 0 radical (unpaired) electrons. The highest BCUT2D eigenvalue weighted by Gasteiger charge is 2.62. The Kier molecular flexibility index (Phi) is 7.92. The number of ether oxygens (including phenoxy) is 1. The number of aliphatic hydroxyl groups is 1. The highest BCUT2D eigenvalue weighted by molar-refractivity contribution is 6.02. The molecule has 0 saturated heterocycles. The Morgan fingerprint density at radius 2 is 1.89 bits per heavy atom. The Balaban J connectivity index is 1.76. The van der Waals surface area contributed by atoms with Gasteiger partial charge in [0.1, 0.15) is 24.2 Å². The summed E-state index contributed by atoms with van der Waals surface area (Å²) < 4.78 is 116.